The van der Waals surface area contributed by atoms with Crippen LogP contribution in [0.2, 0.25) is 0 Å². The van der Waals surface area contributed by atoms with Gasteiger partial charge in [-0.2, -0.15) is 0 Å². The molecule has 0 radical (unpaired) electrons. The van der Waals surface area contributed by atoms with Gasteiger partial charge in [0, 0.05) is 25.3 Å². The molecule has 0 aliphatic carbocycles. The number of imidazole rings is 1. The molecule has 1 aliphatic heterocycles. The van der Waals surface area contributed by atoms with Crippen molar-refractivity contribution in [3.63, 3.8) is 0 Å². The van der Waals surface area contributed by atoms with E-state index in [9.17, 15) is 9.18 Å². The van der Waals surface area contributed by atoms with Crippen molar-refractivity contribution in [2.45, 2.75) is 58.4 Å². The third kappa shape index (κ3) is 4.15. The van der Waals surface area contributed by atoms with Crippen LogP contribution in [0, 0.1) is 5.82 Å². The third-order valence-corrected chi connectivity index (χ3v) is 4.32. The molecule has 1 aromatic heterocycles. The number of carbonyl (C=O) groups is 1. The Labute approximate surface area is 152 Å². The maximum atomic E-state index is 14.5. The van der Waals surface area contributed by atoms with Gasteiger partial charge in [-0.25, -0.2) is 14.2 Å². The predicted octanol–water partition coefficient (Wildman–Crippen LogP) is 4.24. The highest BCUT2D eigenvalue weighted by atomic mass is 19.1. The first-order valence-corrected chi connectivity index (χ1v) is 8.95. The van der Waals surface area contributed by atoms with E-state index in [2.05, 4.69) is 4.98 Å². The maximum absolute atomic E-state index is 14.5. The number of aromatic nitrogens is 2. The van der Waals surface area contributed by atoms with Gasteiger partial charge in [-0.3, -0.25) is 0 Å². The van der Waals surface area contributed by atoms with E-state index in [-0.39, 0.29) is 18.6 Å². The quantitative estimate of drug-likeness (QED) is 0.818. The number of amides is 1. The number of rotatable bonds is 3. The number of nitrogens with zero attached hydrogens (tertiary/aromatic N) is 3. The Hall–Kier alpha value is -2.15. The fourth-order valence-corrected chi connectivity index (χ4v) is 3.05. The van der Waals surface area contributed by atoms with Crippen molar-refractivity contribution in [3.8, 4) is 0 Å². The molecule has 1 aliphatic rings. The molecule has 1 saturated heterocycles. The van der Waals surface area contributed by atoms with Gasteiger partial charge in [0.1, 0.15) is 17.6 Å². The Morgan fingerprint density at radius 3 is 2.85 bits per heavy atom. The summed E-state index contributed by atoms with van der Waals surface area (Å²) in [4.78, 5) is 17.8. The summed E-state index contributed by atoms with van der Waals surface area (Å²) in [6.45, 7) is 6.24. The highest BCUT2D eigenvalue weighted by Gasteiger charge is 2.22. The lowest BCUT2D eigenvalue weighted by molar-refractivity contribution is -0.0295. The lowest BCUT2D eigenvalue weighted by atomic mass is 10.1. The monoisotopic (exact) mass is 363 g/mol. The molecule has 3 rings (SSSR count). The fourth-order valence-electron chi connectivity index (χ4n) is 3.05. The normalized spacial score (nSPS) is 18.1. The van der Waals surface area contributed by atoms with Gasteiger partial charge in [-0.1, -0.05) is 0 Å². The average molecular weight is 363 g/mol. The Bertz CT molecular complexity index is 791. The van der Waals surface area contributed by atoms with E-state index < -0.39 is 11.7 Å². The van der Waals surface area contributed by atoms with Crippen molar-refractivity contribution in [1.29, 1.82) is 0 Å². The van der Waals surface area contributed by atoms with Gasteiger partial charge in [0.25, 0.3) is 0 Å². The van der Waals surface area contributed by atoms with E-state index in [0.717, 1.165) is 31.4 Å². The first-order valence-electron chi connectivity index (χ1n) is 8.95. The van der Waals surface area contributed by atoms with Crippen LogP contribution in [0.5, 0.6) is 0 Å². The topological polar surface area (TPSA) is 56.6 Å². The minimum absolute atomic E-state index is 0.0735. The van der Waals surface area contributed by atoms with Crippen LogP contribution in [0.4, 0.5) is 9.18 Å². The van der Waals surface area contributed by atoms with Crippen LogP contribution in [0.1, 0.15) is 51.8 Å². The second-order valence-electron chi connectivity index (χ2n) is 7.74. The predicted molar refractivity (Wildman–Crippen MR) is 96.2 cm³/mol. The summed E-state index contributed by atoms with van der Waals surface area (Å²) in [6, 6.07) is 3.16. The van der Waals surface area contributed by atoms with Gasteiger partial charge in [-0.05, 0) is 46.1 Å². The zero-order chi connectivity index (χ0) is 18.9. The average Bonchev–Trinajstić information content (AvgIpc) is 2.97. The Morgan fingerprint density at radius 2 is 2.19 bits per heavy atom. The summed E-state index contributed by atoms with van der Waals surface area (Å²) in [5.41, 5.74) is 1.22. The molecule has 1 amide bonds. The summed E-state index contributed by atoms with van der Waals surface area (Å²) < 4.78 is 27.6. The molecule has 0 saturated carbocycles. The number of hydrogen-bond donors (Lipinski definition) is 0. The molecule has 0 spiro atoms. The molecule has 1 unspecified atom stereocenters. The molecule has 7 heteroatoms. The van der Waals surface area contributed by atoms with Crippen LogP contribution in [0.25, 0.3) is 11.0 Å². The van der Waals surface area contributed by atoms with Gasteiger partial charge in [-0.15, -0.1) is 0 Å². The number of hydrogen-bond acceptors (Lipinski definition) is 4. The Morgan fingerprint density at radius 1 is 1.42 bits per heavy atom. The molecule has 1 atom stereocenters. The van der Waals surface area contributed by atoms with Crippen molar-refractivity contribution < 1.29 is 18.7 Å². The van der Waals surface area contributed by atoms with Gasteiger partial charge in [0.05, 0.1) is 23.9 Å². The summed E-state index contributed by atoms with van der Waals surface area (Å²) in [6.07, 6.45) is 4.21. The minimum atomic E-state index is -0.592. The van der Waals surface area contributed by atoms with E-state index >= 15 is 0 Å². The van der Waals surface area contributed by atoms with E-state index in [1.165, 1.54) is 11.0 Å². The van der Waals surface area contributed by atoms with Crippen LogP contribution < -0.4 is 0 Å². The van der Waals surface area contributed by atoms with Crippen molar-refractivity contribution in [2.24, 2.45) is 0 Å². The molecule has 26 heavy (non-hydrogen) atoms. The zero-order valence-corrected chi connectivity index (χ0v) is 15.8. The molecular formula is C19H26FN3O3. The molecule has 1 fully saturated rings. The lowest BCUT2D eigenvalue weighted by Crippen LogP contribution is -2.34. The summed E-state index contributed by atoms with van der Waals surface area (Å²) in [7, 11) is 1.60. The fraction of sp³-hybridized carbons (Fsp3) is 0.579. The molecule has 1 aromatic carbocycles. The standard InChI is InChI=1S/C19H26FN3O3/c1-19(2,3)26-18(24)22(4)11-13-9-16-15(10-14(13)20)21-12-23(16)17-7-5-6-8-25-17/h9-10,12,17H,5-8,11H2,1-4H3. The van der Waals surface area contributed by atoms with Crippen LogP contribution in [0.15, 0.2) is 18.5 Å². The molecule has 2 heterocycles. The largest absolute Gasteiger partial charge is 0.444 e. The van der Waals surface area contributed by atoms with Crippen molar-refractivity contribution in [2.75, 3.05) is 13.7 Å². The van der Waals surface area contributed by atoms with Gasteiger partial charge < -0.3 is 18.9 Å². The summed E-state index contributed by atoms with van der Waals surface area (Å²) in [5.74, 6) is -0.386. The van der Waals surface area contributed by atoms with E-state index in [0.29, 0.717) is 11.1 Å². The zero-order valence-electron chi connectivity index (χ0n) is 15.8. The molecule has 0 N–H and O–H groups in total. The van der Waals surface area contributed by atoms with E-state index in [4.69, 9.17) is 9.47 Å². The number of fused-ring (bicyclic) bond motifs is 1. The molecule has 6 nitrogen and oxygen atoms in total. The Kier molecular flexibility index (Phi) is 5.18. The number of carbonyl (C=O) groups excluding carboxylic acids is 1. The van der Waals surface area contributed by atoms with Crippen LogP contribution in [0.3, 0.4) is 0 Å². The third-order valence-electron chi connectivity index (χ3n) is 4.32. The van der Waals surface area contributed by atoms with Crippen molar-refractivity contribution in [3.05, 3.63) is 29.8 Å². The van der Waals surface area contributed by atoms with Crippen LogP contribution in [-0.4, -0.2) is 39.8 Å². The minimum Gasteiger partial charge on any atom is -0.444 e. The van der Waals surface area contributed by atoms with Crippen molar-refractivity contribution >= 4 is 17.1 Å². The SMILES string of the molecule is CN(Cc1cc2c(cc1F)ncn2C1CCCCO1)C(=O)OC(C)(C)C. The molecular weight excluding hydrogens is 337 g/mol. The van der Waals surface area contributed by atoms with Gasteiger partial charge >= 0.3 is 6.09 Å². The summed E-state index contributed by atoms with van der Waals surface area (Å²) >= 11 is 0. The highest BCUT2D eigenvalue weighted by molar-refractivity contribution is 5.76. The number of ether oxygens (including phenoxy) is 2. The van der Waals surface area contributed by atoms with Crippen LogP contribution in [-0.2, 0) is 16.0 Å². The summed E-state index contributed by atoms with van der Waals surface area (Å²) in [5, 5.41) is 0. The van der Waals surface area contributed by atoms with E-state index in [1.54, 1.807) is 40.2 Å². The first-order chi connectivity index (χ1) is 12.2. The highest BCUT2D eigenvalue weighted by Crippen LogP contribution is 2.28. The molecule has 0 bridgehead atoms. The first kappa shape index (κ1) is 18.6. The number of halogens is 1. The number of benzene rings is 1. The molecule has 2 aromatic rings. The molecule has 142 valence electrons. The Balaban J connectivity index is 1.84. The second-order valence-corrected chi connectivity index (χ2v) is 7.74. The van der Waals surface area contributed by atoms with Crippen molar-refractivity contribution in [1.82, 2.24) is 14.5 Å². The smallest absolute Gasteiger partial charge is 0.410 e. The van der Waals surface area contributed by atoms with Gasteiger partial charge in [0.2, 0.25) is 0 Å². The maximum Gasteiger partial charge on any atom is 0.410 e. The lowest BCUT2D eigenvalue weighted by Gasteiger charge is -2.25. The van der Waals surface area contributed by atoms with Crippen LogP contribution >= 0.6 is 0 Å². The van der Waals surface area contributed by atoms with Gasteiger partial charge in [0.15, 0.2) is 0 Å². The second kappa shape index (κ2) is 7.23. The van der Waals surface area contributed by atoms with E-state index in [1.807, 2.05) is 4.57 Å².